The lowest BCUT2D eigenvalue weighted by atomic mass is 10.2. The minimum atomic E-state index is 0.245. The number of nitrogens with zero attached hydrogens (tertiary/aromatic N) is 2. The second-order valence-corrected chi connectivity index (χ2v) is 4.89. The Hall–Kier alpha value is -0.770. The highest BCUT2D eigenvalue weighted by molar-refractivity contribution is 6.31. The Bertz CT molecular complexity index is 539. The summed E-state index contributed by atoms with van der Waals surface area (Å²) < 4.78 is 7.43. The van der Waals surface area contributed by atoms with E-state index in [-0.39, 0.29) is 6.04 Å². The summed E-state index contributed by atoms with van der Waals surface area (Å²) in [6.07, 6.45) is 0.964. The van der Waals surface area contributed by atoms with E-state index >= 15 is 0 Å². The molecular formula is C13H16Cl2N2O. The maximum atomic E-state index is 5.99. The summed E-state index contributed by atoms with van der Waals surface area (Å²) in [6, 6.07) is 5.97. The van der Waals surface area contributed by atoms with Crippen LogP contribution in [0.5, 0.6) is 0 Å². The predicted octanol–water partition coefficient (Wildman–Crippen LogP) is 4.03. The number of fused-ring (bicyclic) bond motifs is 1. The summed E-state index contributed by atoms with van der Waals surface area (Å²) in [6.45, 7) is 2.78. The summed E-state index contributed by atoms with van der Waals surface area (Å²) in [5.41, 5.74) is 1.94. The lowest BCUT2D eigenvalue weighted by Gasteiger charge is -2.19. The molecule has 0 aliphatic rings. The van der Waals surface area contributed by atoms with Crippen molar-refractivity contribution >= 4 is 34.2 Å². The van der Waals surface area contributed by atoms with Crippen molar-refractivity contribution in [2.45, 2.75) is 25.3 Å². The van der Waals surface area contributed by atoms with E-state index in [9.17, 15) is 0 Å². The Morgan fingerprint density at radius 3 is 2.83 bits per heavy atom. The first-order chi connectivity index (χ1) is 8.71. The van der Waals surface area contributed by atoms with E-state index in [4.69, 9.17) is 27.9 Å². The monoisotopic (exact) mass is 286 g/mol. The maximum absolute atomic E-state index is 5.99. The zero-order valence-electron chi connectivity index (χ0n) is 10.5. The Morgan fingerprint density at radius 2 is 2.22 bits per heavy atom. The average molecular weight is 287 g/mol. The quantitative estimate of drug-likeness (QED) is 0.776. The molecule has 0 fully saturated rings. The van der Waals surface area contributed by atoms with E-state index in [0.29, 0.717) is 17.5 Å². The number of hydrogen-bond donors (Lipinski definition) is 0. The molecule has 98 valence electrons. The van der Waals surface area contributed by atoms with Crippen LogP contribution in [0.1, 0.15) is 25.2 Å². The van der Waals surface area contributed by atoms with Gasteiger partial charge in [0.15, 0.2) is 0 Å². The van der Waals surface area contributed by atoms with Gasteiger partial charge >= 0.3 is 0 Å². The first kappa shape index (κ1) is 13.7. The summed E-state index contributed by atoms with van der Waals surface area (Å²) in [4.78, 5) is 4.53. The smallest absolute Gasteiger partial charge is 0.125 e. The van der Waals surface area contributed by atoms with Crippen molar-refractivity contribution in [3.05, 3.63) is 29.0 Å². The van der Waals surface area contributed by atoms with Gasteiger partial charge in [-0.15, -0.1) is 11.6 Å². The summed E-state index contributed by atoms with van der Waals surface area (Å²) in [5, 5.41) is 0.688. The highest BCUT2D eigenvalue weighted by Crippen LogP contribution is 2.26. The highest BCUT2D eigenvalue weighted by atomic mass is 35.5. The molecule has 0 saturated heterocycles. The van der Waals surface area contributed by atoms with Gasteiger partial charge in [-0.1, -0.05) is 18.5 Å². The molecule has 1 aromatic carbocycles. The third-order valence-corrected chi connectivity index (χ3v) is 3.51. The van der Waals surface area contributed by atoms with Gasteiger partial charge < -0.3 is 9.30 Å². The van der Waals surface area contributed by atoms with Gasteiger partial charge in [-0.05, 0) is 24.6 Å². The molecule has 2 aromatic rings. The second-order valence-electron chi connectivity index (χ2n) is 4.18. The molecule has 0 amide bonds. The molecule has 1 heterocycles. The zero-order valence-corrected chi connectivity index (χ0v) is 12.0. The first-order valence-corrected chi connectivity index (χ1v) is 6.83. The number of aromatic nitrogens is 2. The fraction of sp³-hybridized carbons (Fsp3) is 0.462. The highest BCUT2D eigenvalue weighted by Gasteiger charge is 2.17. The third kappa shape index (κ3) is 2.48. The first-order valence-electron chi connectivity index (χ1n) is 5.92. The van der Waals surface area contributed by atoms with Crippen molar-refractivity contribution in [2.75, 3.05) is 13.7 Å². The van der Waals surface area contributed by atoms with Crippen LogP contribution in [-0.4, -0.2) is 23.3 Å². The normalized spacial score (nSPS) is 13.1. The fourth-order valence-corrected chi connectivity index (χ4v) is 2.55. The van der Waals surface area contributed by atoms with Crippen LogP contribution in [0.25, 0.3) is 11.0 Å². The van der Waals surface area contributed by atoms with Crippen molar-refractivity contribution in [2.24, 2.45) is 0 Å². The van der Waals surface area contributed by atoms with Crippen molar-refractivity contribution in [1.29, 1.82) is 0 Å². The molecule has 0 N–H and O–H groups in total. The SMILES string of the molecule is CCC(COC)n1c(CCl)nc2cc(Cl)ccc21. The van der Waals surface area contributed by atoms with E-state index in [1.807, 2.05) is 18.2 Å². The Balaban J connectivity index is 2.58. The summed E-state index contributed by atoms with van der Waals surface area (Å²) in [7, 11) is 1.71. The van der Waals surface area contributed by atoms with Gasteiger partial charge in [-0.2, -0.15) is 0 Å². The average Bonchev–Trinajstić information content (AvgIpc) is 2.73. The second kappa shape index (κ2) is 5.91. The van der Waals surface area contributed by atoms with Crippen LogP contribution in [0.3, 0.4) is 0 Å². The Morgan fingerprint density at radius 1 is 1.44 bits per heavy atom. The molecule has 1 atom stereocenters. The van der Waals surface area contributed by atoms with Gasteiger partial charge in [0.05, 0.1) is 29.6 Å². The van der Waals surface area contributed by atoms with Gasteiger partial charge in [-0.3, -0.25) is 0 Å². The van der Waals surface area contributed by atoms with Gasteiger partial charge in [0, 0.05) is 12.1 Å². The molecule has 0 aliphatic heterocycles. The van der Waals surface area contributed by atoms with Crippen LogP contribution < -0.4 is 0 Å². The molecular weight excluding hydrogens is 271 g/mol. The van der Waals surface area contributed by atoms with Gasteiger partial charge in [-0.25, -0.2) is 4.98 Å². The van der Waals surface area contributed by atoms with E-state index in [1.165, 1.54) is 0 Å². The minimum absolute atomic E-state index is 0.245. The number of rotatable bonds is 5. The summed E-state index contributed by atoms with van der Waals surface area (Å²) in [5.74, 6) is 1.24. The predicted molar refractivity (Wildman–Crippen MR) is 75.5 cm³/mol. The number of alkyl halides is 1. The maximum Gasteiger partial charge on any atom is 0.125 e. The molecule has 0 spiro atoms. The minimum Gasteiger partial charge on any atom is -0.383 e. The molecule has 0 radical (unpaired) electrons. The number of benzene rings is 1. The number of imidazole rings is 1. The van der Waals surface area contributed by atoms with Crippen molar-refractivity contribution in [1.82, 2.24) is 9.55 Å². The number of hydrogen-bond acceptors (Lipinski definition) is 2. The lowest BCUT2D eigenvalue weighted by molar-refractivity contribution is 0.154. The van der Waals surface area contributed by atoms with Crippen molar-refractivity contribution in [3.8, 4) is 0 Å². The van der Waals surface area contributed by atoms with Gasteiger partial charge in [0.25, 0.3) is 0 Å². The molecule has 0 bridgehead atoms. The van der Waals surface area contributed by atoms with Crippen LogP contribution in [-0.2, 0) is 10.6 Å². The van der Waals surface area contributed by atoms with E-state index < -0.39 is 0 Å². The molecule has 0 aliphatic carbocycles. The van der Waals surface area contributed by atoms with Crippen LogP contribution >= 0.6 is 23.2 Å². The fourth-order valence-electron chi connectivity index (χ4n) is 2.19. The molecule has 18 heavy (non-hydrogen) atoms. The van der Waals surface area contributed by atoms with E-state index in [1.54, 1.807) is 7.11 Å². The van der Waals surface area contributed by atoms with Gasteiger partial charge in [0.1, 0.15) is 5.82 Å². The Labute approximate surface area is 117 Å². The van der Waals surface area contributed by atoms with Crippen molar-refractivity contribution < 1.29 is 4.74 Å². The molecule has 5 heteroatoms. The third-order valence-electron chi connectivity index (χ3n) is 3.04. The molecule has 2 rings (SSSR count). The van der Waals surface area contributed by atoms with Crippen LogP contribution in [0.2, 0.25) is 5.02 Å². The van der Waals surface area contributed by atoms with Crippen LogP contribution in [0.15, 0.2) is 18.2 Å². The number of methoxy groups -OCH3 is 1. The van der Waals surface area contributed by atoms with Crippen molar-refractivity contribution in [3.63, 3.8) is 0 Å². The topological polar surface area (TPSA) is 27.1 Å². The Kier molecular flexibility index (Phi) is 4.49. The van der Waals surface area contributed by atoms with E-state index in [0.717, 1.165) is 23.3 Å². The summed E-state index contributed by atoms with van der Waals surface area (Å²) >= 11 is 12.0. The largest absolute Gasteiger partial charge is 0.383 e. The van der Waals surface area contributed by atoms with Gasteiger partial charge in [0.2, 0.25) is 0 Å². The number of ether oxygens (including phenoxy) is 1. The molecule has 3 nitrogen and oxygen atoms in total. The van der Waals surface area contributed by atoms with Crippen LogP contribution in [0.4, 0.5) is 0 Å². The lowest BCUT2D eigenvalue weighted by Crippen LogP contribution is -2.16. The molecule has 0 saturated carbocycles. The van der Waals surface area contributed by atoms with Crippen LogP contribution in [0, 0.1) is 0 Å². The molecule has 1 aromatic heterocycles. The van der Waals surface area contributed by atoms with E-state index in [2.05, 4.69) is 16.5 Å². The number of halogens is 2. The molecule has 1 unspecified atom stereocenters. The standard InChI is InChI=1S/C13H16Cl2N2O/c1-3-10(8-18-2)17-12-5-4-9(15)6-11(12)16-13(17)7-14/h4-6,10H,3,7-8H2,1-2H3. The zero-order chi connectivity index (χ0) is 13.1.